The second-order valence-corrected chi connectivity index (χ2v) is 13.5. The number of likely N-dealkylation sites (N-methyl/N-ethyl adjacent to an activating group) is 1. The van der Waals surface area contributed by atoms with Crippen molar-refractivity contribution in [1.82, 2.24) is 10.2 Å². The van der Waals surface area contributed by atoms with Gasteiger partial charge < -0.3 is 29.7 Å². The number of alkyl carbamates (subject to hydrolysis) is 1. The van der Waals surface area contributed by atoms with E-state index in [9.17, 15) is 24.6 Å². The number of hydrogen-bond donors (Lipinski definition) is 3. The zero-order valence-corrected chi connectivity index (χ0v) is 29.5. The molecule has 3 N–H and O–H groups in total. The van der Waals surface area contributed by atoms with E-state index in [0.29, 0.717) is 17.8 Å². The number of nitrogens with zero attached hydrogens (tertiary/aromatic N) is 2. The van der Waals surface area contributed by atoms with Gasteiger partial charge in [0.25, 0.3) is 5.91 Å². The Balaban J connectivity index is 1.16. The number of rotatable bonds is 12. The Morgan fingerprint density at radius 1 is 0.904 bits per heavy atom. The van der Waals surface area contributed by atoms with Gasteiger partial charge in [-0.15, -0.1) is 0 Å². The fraction of sp³-hybridized carbons (Fsp3) is 0.341. The number of benzene rings is 4. The van der Waals surface area contributed by atoms with E-state index < -0.39 is 36.3 Å². The highest BCUT2D eigenvalue weighted by molar-refractivity contribution is 6.22. The SMILES string of the molecule is CC1C(CN(C)C(C)C(O)c2ccccc2)OC(c2ccc(N3C(=O)CC(NC(=O)OCc4ccccc4)C3=O)cc2)OC1c1ccc(CO)cc1. The molecule has 6 rings (SSSR count). The molecule has 2 heterocycles. The molecule has 2 aliphatic rings. The van der Waals surface area contributed by atoms with Crippen LogP contribution in [0.4, 0.5) is 10.5 Å². The normalized spacial score (nSPS) is 23.0. The summed E-state index contributed by atoms with van der Waals surface area (Å²) in [6, 6.07) is 32.0. The number of nitrogens with one attached hydrogen (secondary N) is 1. The van der Waals surface area contributed by atoms with Crippen LogP contribution in [0.3, 0.4) is 0 Å². The van der Waals surface area contributed by atoms with E-state index in [1.165, 1.54) is 0 Å². The zero-order chi connectivity index (χ0) is 36.8. The van der Waals surface area contributed by atoms with E-state index in [1.54, 1.807) is 24.3 Å². The number of carbonyl (C=O) groups excluding carboxylic acids is 3. The smallest absolute Gasteiger partial charge is 0.408 e. The molecule has 272 valence electrons. The second-order valence-electron chi connectivity index (χ2n) is 13.5. The first-order valence-corrected chi connectivity index (χ1v) is 17.5. The molecular weight excluding hydrogens is 662 g/mol. The highest BCUT2D eigenvalue weighted by atomic mass is 16.7. The summed E-state index contributed by atoms with van der Waals surface area (Å²) in [5.74, 6) is -1.07. The summed E-state index contributed by atoms with van der Waals surface area (Å²) in [5.41, 5.74) is 4.42. The first kappa shape index (κ1) is 36.9. The molecule has 0 aromatic heterocycles. The molecule has 52 heavy (non-hydrogen) atoms. The van der Waals surface area contributed by atoms with Gasteiger partial charge in [0.05, 0.1) is 37.0 Å². The predicted octanol–water partition coefficient (Wildman–Crippen LogP) is 5.58. The van der Waals surface area contributed by atoms with Gasteiger partial charge in [0.1, 0.15) is 12.6 Å². The van der Waals surface area contributed by atoms with Crippen LogP contribution in [0.5, 0.6) is 0 Å². The second kappa shape index (κ2) is 16.6. The van der Waals surface area contributed by atoms with E-state index in [-0.39, 0.29) is 43.8 Å². The standard InChI is InChI=1S/C41H45N3O8/c1-26-35(23-43(3)27(2)37(47)30-12-8-5-9-13-30)51-40(52-38(26)31-16-14-28(24-45)15-17-31)32-18-20-33(21-19-32)44-36(46)22-34(39(44)48)42-41(49)50-25-29-10-6-4-7-11-29/h4-21,26-27,34-35,37-38,40,45,47H,22-25H2,1-3H3,(H,42,49). The zero-order valence-electron chi connectivity index (χ0n) is 29.5. The molecule has 3 amide bonds. The number of hydrogen-bond acceptors (Lipinski definition) is 9. The van der Waals surface area contributed by atoms with Crippen molar-refractivity contribution in [3.8, 4) is 0 Å². The van der Waals surface area contributed by atoms with Gasteiger partial charge >= 0.3 is 6.09 Å². The maximum absolute atomic E-state index is 13.3. The Bertz CT molecular complexity index is 1810. The third kappa shape index (κ3) is 8.41. The molecular formula is C41H45N3O8. The van der Waals surface area contributed by atoms with Gasteiger partial charge in [0, 0.05) is 24.1 Å². The third-order valence-corrected chi connectivity index (χ3v) is 9.96. The summed E-state index contributed by atoms with van der Waals surface area (Å²) < 4.78 is 18.5. The largest absolute Gasteiger partial charge is 0.445 e. The molecule has 2 aliphatic heterocycles. The number of anilines is 1. The van der Waals surface area contributed by atoms with Crippen molar-refractivity contribution in [2.75, 3.05) is 18.5 Å². The van der Waals surface area contributed by atoms with E-state index in [2.05, 4.69) is 17.1 Å². The summed E-state index contributed by atoms with van der Waals surface area (Å²) in [4.78, 5) is 41.9. The number of amides is 3. The summed E-state index contributed by atoms with van der Waals surface area (Å²) in [6.07, 6.45) is -3.09. The third-order valence-electron chi connectivity index (χ3n) is 9.96. The Hall–Kier alpha value is -4.91. The maximum atomic E-state index is 13.3. The van der Waals surface area contributed by atoms with Crippen molar-refractivity contribution in [3.63, 3.8) is 0 Å². The summed E-state index contributed by atoms with van der Waals surface area (Å²) >= 11 is 0. The summed E-state index contributed by atoms with van der Waals surface area (Å²) in [5, 5.41) is 23.3. The van der Waals surface area contributed by atoms with Crippen molar-refractivity contribution in [3.05, 3.63) is 137 Å². The van der Waals surface area contributed by atoms with Crippen LogP contribution in [0.15, 0.2) is 109 Å². The molecule has 11 nitrogen and oxygen atoms in total. The van der Waals surface area contributed by atoms with Gasteiger partial charge in [0.2, 0.25) is 5.91 Å². The number of aliphatic hydroxyl groups is 2. The predicted molar refractivity (Wildman–Crippen MR) is 194 cm³/mol. The van der Waals surface area contributed by atoms with E-state index >= 15 is 0 Å². The van der Waals surface area contributed by atoms with Crippen molar-refractivity contribution in [1.29, 1.82) is 0 Å². The van der Waals surface area contributed by atoms with Gasteiger partial charge in [0.15, 0.2) is 6.29 Å². The molecule has 7 unspecified atom stereocenters. The Labute approximate surface area is 303 Å². The van der Waals surface area contributed by atoms with Crippen molar-refractivity contribution < 1.29 is 38.8 Å². The molecule has 4 aromatic carbocycles. The minimum absolute atomic E-state index is 0.0391. The number of imide groups is 1. The van der Waals surface area contributed by atoms with Gasteiger partial charge in [-0.1, -0.05) is 104 Å². The maximum Gasteiger partial charge on any atom is 0.408 e. The molecule has 2 fully saturated rings. The van der Waals surface area contributed by atoms with Crippen LogP contribution >= 0.6 is 0 Å². The molecule has 0 saturated carbocycles. The van der Waals surface area contributed by atoms with Crippen LogP contribution < -0.4 is 10.2 Å². The lowest BCUT2D eigenvalue weighted by atomic mass is 9.89. The Kier molecular flexibility index (Phi) is 11.8. The fourth-order valence-electron chi connectivity index (χ4n) is 6.65. The van der Waals surface area contributed by atoms with Crippen molar-refractivity contribution in [2.24, 2.45) is 5.92 Å². The Morgan fingerprint density at radius 2 is 1.54 bits per heavy atom. The van der Waals surface area contributed by atoms with Crippen LogP contribution in [0, 0.1) is 5.92 Å². The average Bonchev–Trinajstić information content (AvgIpc) is 3.46. The van der Waals surface area contributed by atoms with Crippen molar-refractivity contribution >= 4 is 23.6 Å². The monoisotopic (exact) mass is 707 g/mol. The summed E-state index contributed by atoms with van der Waals surface area (Å²) in [6.45, 7) is 4.54. The van der Waals surface area contributed by atoms with Gasteiger partial charge in [-0.3, -0.25) is 14.5 Å². The van der Waals surface area contributed by atoms with Crippen LogP contribution in [-0.4, -0.2) is 64.8 Å². The van der Waals surface area contributed by atoms with E-state index in [4.69, 9.17) is 14.2 Å². The quantitative estimate of drug-likeness (QED) is 0.161. The minimum Gasteiger partial charge on any atom is -0.445 e. The highest BCUT2D eigenvalue weighted by Gasteiger charge is 2.42. The van der Waals surface area contributed by atoms with Crippen LogP contribution in [-0.2, 0) is 37.0 Å². The molecule has 0 bridgehead atoms. The minimum atomic E-state index is -1.04. The number of carbonyl (C=O) groups is 3. The van der Waals surface area contributed by atoms with Crippen LogP contribution in [0.25, 0.3) is 0 Å². The number of aliphatic hydroxyl groups excluding tert-OH is 2. The molecule has 11 heteroatoms. The van der Waals surface area contributed by atoms with Gasteiger partial charge in [-0.05, 0) is 48.4 Å². The molecule has 4 aromatic rings. The average molecular weight is 708 g/mol. The van der Waals surface area contributed by atoms with E-state index in [1.807, 2.05) is 98.9 Å². The van der Waals surface area contributed by atoms with Crippen LogP contribution in [0.1, 0.15) is 66.6 Å². The topological polar surface area (TPSA) is 138 Å². The summed E-state index contributed by atoms with van der Waals surface area (Å²) in [7, 11) is 1.96. The first-order valence-electron chi connectivity index (χ1n) is 17.5. The number of ether oxygens (including phenoxy) is 3. The van der Waals surface area contributed by atoms with E-state index in [0.717, 1.165) is 27.2 Å². The fourth-order valence-corrected chi connectivity index (χ4v) is 6.65. The van der Waals surface area contributed by atoms with Crippen LogP contribution in [0.2, 0.25) is 0 Å². The highest BCUT2D eigenvalue weighted by Crippen LogP contribution is 2.42. The lowest BCUT2D eigenvalue weighted by Gasteiger charge is -2.43. The lowest BCUT2D eigenvalue weighted by molar-refractivity contribution is -0.276. The van der Waals surface area contributed by atoms with Gasteiger partial charge in [-0.25, -0.2) is 9.69 Å². The first-order chi connectivity index (χ1) is 25.1. The molecule has 2 saturated heterocycles. The lowest BCUT2D eigenvalue weighted by Crippen LogP contribution is -2.46. The molecule has 0 spiro atoms. The van der Waals surface area contributed by atoms with Gasteiger partial charge in [-0.2, -0.15) is 0 Å². The molecule has 7 atom stereocenters. The molecule has 0 radical (unpaired) electrons. The molecule has 0 aliphatic carbocycles. The Morgan fingerprint density at radius 3 is 2.19 bits per heavy atom. The van der Waals surface area contributed by atoms with Crippen molar-refractivity contribution in [2.45, 2.75) is 70.2 Å².